The topological polar surface area (TPSA) is 28.2 Å². The molecular formula is C12H16F3N3. The van der Waals surface area contributed by atoms with Crippen molar-refractivity contribution in [1.29, 1.82) is 0 Å². The summed E-state index contributed by atoms with van der Waals surface area (Å²) in [5, 5.41) is 3.21. The number of hydrogen-bond acceptors (Lipinski definition) is 3. The Bertz CT molecular complexity index is 400. The van der Waals surface area contributed by atoms with Gasteiger partial charge in [-0.2, -0.15) is 13.2 Å². The second-order valence-corrected chi connectivity index (χ2v) is 4.33. The third kappa shape index (κ3) is 2.75. The van der Waals surface area contributed by atoms with E-state index in [2.05, 4.69) is 10.3 Å². The van der Waals surface area contributed by atoms with Crippen LogP contribution in [-0.2, 0) is 6.18 Å². The lowest BCUT2D eigenvalue weighted by Gasteiger charge is -2.28. The lowest BCUT2D eigenvalue weighted by atomic mass is 10.2. The molecule has 1 saturated heterocycles. The van der Waals surface area contributed by atoms with E-state index in [9.17, 15) is 13.2 Å². The number of halogens is 3. The van der Waals surface area contributed by atoms with Crippen LogP contribution in [0.4, 0.5) is 19.0 Å². The molecule has 1 fully saturated rings. The largest absolute Gasteiger partial charge is 0.416 e. The van der Waals surface area contributed by atoms with Crippen LogP contribution in [0.5, 0.6) is 0 Å². The van der Waals surface area contributed by atoms with Crippen molar-refractivity contribution in [2.24, 2.45) is 0 Å². The van der Waals surface area contributed by atoms with Gasteiger partial charge < -0.3 is 10.2 Å². The van der Waals surface area contributed by atoms with Gasteiger partial charge in [0, 0.05) is 25.3 Å². The van der Waals surface area contributed by atoms with E-state index in [1.807, 2.05) is 11.8 Å². The average Bonchev–Trinajstić information content (AvgIpc) is 2.83. The molecule has 0 radical (unpaired) electrons. The summed E-state index contributed by atoms with van der Waals surface area (Å²) in [6.45, 7) is 4.28. The fraction of sp³-hybridized carbons (Fsp3) is 0.583. The van der Waals surface area contributed by atoms with Crippen molar-refractivity contribution in [2.45, 2.75) is 25.6 Å². The minimum atomic E-state index is -4.31. The van der Waals surface area contributed by atoms with E-state index in [0.29, 0.717) is 12.4 Å². The van der Waals surface area contributed by atoms with Crippen molar-refractivity contribution in [3.63, 3.8) is 0 Å². The highest BCUT2D eigenvalue weighted by Gasteiger charge is 2.32. The Balaban J connectivity index is 2.25. The van der Waals surface area contributed by atoms with Gasteiger partial charge in [0.2, 0.25) is 0 Å². The highest BCUT2D eigenvalue weighted by Crippen LogP contribution is 2.31. The summed E-state index contributed by atoms with van der Waals surface area (Å²) in [4.78, 5) is 5.99. The maximum Gasteiger partial charge on any atom is 0.416 e. The molecule has 0 bridgehead atoms. The lowest BCUT2D eigenvalue weighted by molar-refractivity contribution is -0.137. The summed E-state index contributed by atoms with van der Waals surface area (Å²) in [5.74, 6) is 0.404. The van der Waals surface area contributed by atoms with Crippen LogP contribution in [0.2, 0.25) is 0 Å². The fourth-order valence-electron chi connectivity index (χ4n) is 2.26. The second-order valence-electron chi connectivity index (χ2n) is 4.33. The summed E-state index contributed by atoms with van der Waals surface area (Å²) < 4.78 is 38.0. The van der Waals surface area contributed by atoms with Gasteiger partial charge in [0.05, 0.1) is 5.56 Å². The van der Waals surface area contributed by atoms with Gasteiger partial charge in [0.15, 0.2) is 0 Å². The van der Waals surface area contributed by atoms with E-state index in [-0.39, 0.29) is 6.04 Å². The number of likely N-dealkylation sites (N-methyl/N-ethyl adjacent to an activating group) is 1. The molecule has 1 aliphatic heterocycles. The van der Waals surface area contributed by atoms with Crippen molar-refractivity contribution < 1.29 is 13.2 Å². The molecule has 1 N–H and O–H groups in total. The fourth-order valence-corrected chi connectivity index (χ4v) is 2.26. The van der Waals surface area contributed by atoms with Crippen LogP contribution >= 0.6 is 0 Å². The van der Waals surface area contributed by atoms with Crippen LogP contribution in [0.1, 0.15) is 18.9 Å². The number of anilines is 1. The smallest absolute Gasteiger partial charge is 0.353 e. The quantitative estimate of drug-likeness (QED) is 0.902. The zero-order valence-electron chi connectivity index (χ0n) is 10.2. The molecule has 0 aliphatic carbocycles. The summed E-state index contributed by atoms with van der Waals surface area (Å²) in [7, 11) is 0. The molecule has 1 aromatic rings. The van der Waals surface area contributed by atoms with Crippen LogP contribution in [0.25, 0.3) is 0 Å². The minimum Gasteiger partial charge on any atom is -0.353 e. The van der Waals surface area contributed by atoms with Gasteiger partial charge in [-0.05, 0) is 32.0 Å². The van der Waals surface area contributed by atoms with Crippen LogP contribution < -0.4 is 10.2 Å². The van der Waals surface area contributed by atoms with E-state index >= 15 is 0 Å². The van der Waals surface area contributed by atoms with Crippen LogP contribution in [0.15, 0.2) is 18.3 Å². The molecule has 100 valence electrons. The zero-order valence-corrected chi connectivity index (χ0v) is 10.2. The predicted octanol–water partition coefficient (Wildman–Crippen LogP) is 2.29. The summed E-state index contributed by atoms with van der Waals surface area (Å²) in [5.41, 5.74) is -0.642. The molecule has 1 atom stereocenters. The minimum absolute atomic E-state index is 0.228. The monoisotopic (exact) mass is 259 g/mol. The molecule has 1 aromatic heterocycles. The van der Waals surface area contributed by atoms with Crippen molar-refractivity contribution in [1.82, 2.24) is 10.3 Å². The number of alkyl halides is 3. The van der Waals surface area contributed by atoms with Crippen LogP contribution in [0.3, 0.4) is 0 Å². The maximum atomic E-state index is 12.7. The molecule has 0 aromatic carbocycles. The van der Waals surface area contributed by atoms with E-state index in [1.165, 1.54) is 6.20 Å². The molecule has 2 rings (SSSR count). The van der Waals surface area contributed by atoms with Gasteiger partial charge in [-0.1, -0.05) is 0 Å². The van der Waals surface area contributed by atoms with Crippen molar-refractivity contribution in [3.8, 4) is 0 Å². The average molecular weight is 259 g/mol. The number of aromatic nitrogens is 1. The zero-order chi connectivity index (χ0) is 13.2. The van der Waals surface area contributed by atoms with Crippen LogP contribution in [0, 0.1) is 0 Å². The third-order valence-corrected chi connectivity index (χ3v) is 3.18. The van der Waals surface area contributed by atoms with Crippen molar-refractivity contribution in [3.05, 3.63) is 23.9 Å². The van der Waals surface area contributed by atoms with Gasteiger partial charge >= 0.3 is 6.18 Å². The van der Waals surface area contributed by atoms with Crippen molar-refractivity contribution in [2.75, 3.05) is 24.5 Å². The predicted molar refractivity (Wildman–Crippen MR) is 63.5 cm³/mol. The Morgan fingerprint density at radius 2 is 2.28 bits per heavy atom. The molecule has 1 unspecified atom stereocenters. The van der Waals surface area contributed by atoms with E-state index in [4.69, 9.17) is 0 Å². The van der Waals surface area contributed by atoms with E-state index < -0.39 is 11.7 Å². The summed E-state index contributed by atoms with van der Waals surface area (Å²) in [6, 6.07) is 2.36. The SMILES string of the molecule is CCN(c1cc(C(F)(F)F)ccn1)C1CCNC1. The Labute approximate surface area is 104 Å². The first-order valence-corrected chi connectivity index (χ1v) is 6.03. The van der Waals surface area contributed by atoms with Crippen LogP contribution in [-0.4, -0.2) is 30.7 Å². The molecule has 0 saturated carbocycles. The van der Waals surface area contributed by atoms with Gasteiger partial charge in [-0.3, -0.25) is 0 Å². The molecule has 3 nitrogen and oxygen atoms in total. The second kappa shape index (κ2) is 5.14. The Morgan fingerprint density at radius 3 is 2.83 bits per heavy atom. The molecule has 0 spiro atoms. The Kier molecular flexibility index (Phi) is 3.75. The first-order chi connectivity index (χ1) is 8.52. The molecule has 2 heterocycles. The normalized spacial score (nSPS) is 20.1. The van der Waals surface area contributed by atoms with Gasteiger partial charge in [-0.25, -0.2) is 4.98 Å². The molecule has 1 aliphatic rings. The number of rotatable bonds is 3. The van der Waals surface area contributed by atoms with Gasteiger partial charge in [0.25, 0.3) is 0 Å². The van der Waals surface area contributed by atoms with Gasteiger partial charge in [0.1, 0.15) is 5.82 Å². The number of pyridine rings is 1. The summed E-state index contributed by atoms with van der Waals surface area (Å²) >= 11 is 0. The number of nitrogens with one attached hydrogen (secondary N) is 1. The first-order valence-electron chi connectivity index (χ1n) is 6.03. The lowest BCUT2D eigenvalue weighted by Crippen LogP contribution is -2.37. The Morgan fingerprint density at radius 1 is 1.50 bits per heavy atom. The molecule has 18 heavy (non-hydrogen) atoms. The number of nitrogens with zero attached hydrogens (tertiary/aromatic N) is 2. The maximum absolute atomic E-state index is 12.7. The van der Waals surface area contributed by atoms with E-state index in [1.54, 1.807) is 0 Å². The van der Waals surface area contributed by atoms with Crippen molar-refractivity contribution >= 4 is 5.82 Å². The third-order valence-electron chi connectivity index (χ3n) is 3.18. The molecule has 6 heteroatoms. The van der Waals surface area contributed by atoms with Gasteiger partial charge in [-0.15, -0.1) is 0 Å². The molecule has 0 amide bonds. The highest BCUT2D eigenvalue weighted by molar-refractivity contribution is 5.43. The number of hydrogen-bond donors (Lipinski definition) is 1. The summed E-state index contributed by atoms with van der Waals surface area (Å²) in [6.07, 6.45) is -2.15. The Hall–Kier alpha value is -1.30. The highest BCUT2D eigenvalue weighted by atomic mass is 19.4. The molecular weight excluding hydrogens is 243 g/mol. The standard InChI is InChI=1S/C12H16F3N3/c1-2-18(10-4-5-16-8-10)11-7-9(3-6-17-11)12(13,14)15/h3,6-7,10,16H,2,4-5,8H2,1H3. The van der Waals surface area contributed by atoms with E-state index in [0.717, 1.165) is 31.6 Å². The first kappa shape index (κ1) is 13.1.